The number of rotatable bonds is 3. The van der Waals surface area contributed by atoms with Gasteiger partial charge in [-0.3, -0.25) is 9.69 Å². The van der Waals surface area contributed by atoms with Gasteiger partial charge in [-0.05, 0) is 12.1 Å². The minimum Gasteiger partial charge on any atom is -0.468 e. The van der Waals surface area contributed by atoms with Gasteiger partial charge in [-0.2, -0.15) is 0 Å². The highest BCUT2D eigenvalue weighted by Crippen LogP contribution is 2.17. The third kappa shape index (κ3) is 3.34. The highest BCUT2D eigenvalue weighted by atomic mass is 35.5. The van der Waals surface area contributed by atoms with Crippen molar-refractivity contribution in [2.24, 2.45) is 0 Å². The largest absolute Gasteiger partial charge is 0.468 e. The van der Waals surface area contributed by atoms with E-state index in [0.717, 1.165) is 31.9 Å². The molecule has 0 amide bonds. The van der Waals surface area contributed by atoms with E-state index in [-0.39, 0.29) is 5.97 Å². The Morgan fingerprint density at radius 2 is 2.11 bits per heavy atom. The molecule has 0 aliphatic carbocycles. The van der Waals surface area contributed by atoms with Gasteiger partial charge in [-0.15, -0.1) is 0 Å². The van der Waals surface area contributed by atoms with E-state index in [1.165, 1.54) is 7.11 Å². The first-order chi connectivity index (χ1) is 8.69. The van der Waals surface area contributed by atoms with Crippen LogP contribution in [0, 0.1) is 0 Å². The van der Waals surface area contributed by atoms with Gasteiger partial charge in [0.15, 0.2) is 0 Å². The third-order valence-electron chi connectivity index (χ3n) is 3.03. The summed E-state index contributed by atoms with van der Waals surface area (Å²) >= 11 is 5.76. The molecule has 1 saturated heterocycles. The summed E-state index contributed by atoms with van der Waals surface area (Å²) in [5, 5.41) is 0.503. The van der Waals surface area contributed by atoms with Crippen molar-refractivity contribution < 1.29 is 9.53 Å². The van der Waals surface area contributed by atoms with E-state index in [1.54, 1.807) is 12.3 Å². The molecule has 2 rings (SSSR count). The number of carbonyl (C=O) groups excluding carboxylic acids is 1. The molecule has 18 heavy (non-hydrogen) atoms. The summed E-state index contributed by atoms with van der Waals surface area (Å²) in [5.74, 6) is -0.184. The Labute approximate surface area is 111 Å². The zero-order valence-corrected chi connectivity index (χ0v) is 11.1. The summed E-state index contributed by atoms with van der Waals surface area (Å²) in [6.07, 6.45) is 1.78. The van der Waals surface area contributed by atoms with Gasteiger partial charge in [0.05, 0.1) is 25.5 Å². The second-order valence-corrected chi connectivity index (χ2v) is 4.57. The molecule has 0 radical (unpaired) electrons. The monoisotopic (exact) mass is 269 g/mol. The fraction of sp³-hybridized carbons (Fsp3) is 0.500. The molecule has 0 saturated carbocycles. The lowest BCUT2D eigenvalue weighted by Crippen LogP contribution is -2.48. The second kappa shape index (κ2) is 6.02. The molecule has 0 aromatic carbocycles. The number of piperazine rings is 1. The van der Waals surface area contributed by atoms with E-state index in [9.17, 15) is 4.79 Å². The number of anilines is 1. The fourth-order valence-electron chi connectivity index (χ4n) is 1.97. The number of pyridine rings is 1. The Morgan fingerprint density at radius 3 is 2.67 bits per heavy atom. The molecule has 0 unspecified atom stereocenters. The van der Waals surface area contributed by atoms with Crippen LogP contribution in [0.2, 0.25) is 5.15 Å². The molecule has 6 heteroatoms. The predicted octanol–water partition coefficient (Wildman–Crippen LogP) is 1.03. The molecule has 0 spiro atoms. The zero-order valence-electron chi connectivity index (χ0n) is 10.3. The number of esters is 1. The van der Waals surface area contributed by atoms with Crippen molar-refractivity contribution >= 4 is 23.3 Å². The third-order valence-corrected chi connectivity index (χ3v) is 3.25. The van der Waals surface area contributed by atoms with Gasteiger partial charge in [0.1, 0.15) is 5.15 Å². The van der Waals surface area contributed by atoms with Gasteiger partial charge >= 0.3 is 5.97 Å². The lowest BCUT2D eigenvalue weighted by molar-refractivity contribution is -0.142. The van der Waals surface area contributed by atoms with E-state index in [0.29, 0.717) is 11.7 Å². The molecule has 1 aromatic heterocycles. The topological polar surface area (TPSA) is 45.7 Å². The normalized spacial score (nSPS) is 16.7. The minimum absolute atomic E-state index is 0.184. The van der Waals surface area contributed by atoms with Crippen molar-refractivity contribution in [3.05, 3.63) is 23.5 Å². The fourth-order valence-corrected chi connectivity index (χ4v) is 2.08. The Morgan fingerprint density at radius 1 is 1.39 bits per heavy atom. The minimum atomic E-state index is -0.184. The summed E-state index contributed by atoms with van der Waals surface area (Å²) in [6, 6.07) is 3.75. The molecular formula is C12H16ClN3O2. The molecule has 1 aliphatic heterocycles. The highest BCUT2D eigenvalue weighted by molar-refractivity contribution is 6.29. The van der Waals surface area contributed by atoms with Crippen LogP contribution in [0.4, 0.5) is 5.69 Å². The lowest BCUT2D eigenvalue weighted by Gasteiger charge is -2.35. The van der Waals surface area contributed by atoms with Crippen LogP contribution in [0.15, 0.2) is 18.3 Å². The first-order valence-electron chi connectivity index (χ1n) is 5.84. The number of nitrogens with zero attached hydrogens (tertiary/aromatic N) is 3. The van der Waals surface area contributed by atoms with Crippen LogP contribution in [0.3, 0.4) is 0 Å². The summed E-state index contributed by atoms with van der Waals surface area (Å²) in [7, 11) is 1.41. The number of ether oxygens (including phenoxy) is 1. The molecule has 1 aliphatic rings. The molecule has 2 heterocycles. The number of hydrogen-bond acceptors (Lipinski definition) is 5. The van der Waals surface area contributed by atoms with Gasteiger partial charge in [-0.25, -0.2) is 4.98 Å². The van der Waals surface area contributed by atoms with Crippen LogP contribution >= 0.6 is 11.6 Å². The van der Waals surface area contributed by atoms with Gasteiger partial charge in [-0.1, -0.05) is 11.6 Å². The van der Waals surface area contributed by atoms with Crippen LogP contribution in [0.25, 0.3) is 0 Å². The summed E-state index contributed by atoms with van der Waals surface area (Å²) in [4.78, 5) is 19.6. The summed E-state index contributed by atoms with van der Waals surface area (Å²) in [6.45, 7) is 3.80. The zero-order chi connectivity index (χ0) is 13.0. The van der Waals surface area contributed by atoms with Crippen LogP contribution in [0.5, 0.6) is 0 Å². The summed E-state index contributed by atoms with van der Waals surface area (Å²) in [5.41, 5.74) is 1.07. The Hall–Kier alpha value is -1.33. The average Bonchev–Trinajstić information content (AvgIpc) is 2.40. The smallest absolute Gasteiger partial charge is 0.319 e. The van der Waals surface area contributed by atoms with E-state index < -0.39 is 0 Å². The predicted molar refractivity (Wildman–Crippen MR) is 69.9 cm³/mol. The average molecular weight is 270 g/mol. The number of methoxy groups -OCH3 is 1. The molecular weight excluding hydrogens is 254 g/mol. The summed E-state index contributed by atoms with van der Waals surface area (Å²) < 4.78 is 4.66. The number of halogens is 1. The van der Waals surface area contributed by atoms with E-state index in [2.05, 4.69) is 19.5 Å². The van der Waals surface area contributed by atoms with E-state index >= 15 is 0 Å². The Kier molecular flexibility index (Phi) is 4.38. The molecule has 0 N–H and O–H groups in total. The lowest BCUT2D eigenvalue weighted by atomic mass is 10.3. The van der Waals surface area contributed by atoms with Gasteiger partial charge < -0.3 is 9.64 Å². The number of hydrogen-bond donors (Lipinski definition) is 0. The number of aromatic nitrogens is 1. The van der Waals surface area contributed by atoms with Crippen molar-refractivity contribution in [3.8, 4) is 0 Å². The van der Waals surface area contributed by atoms with E-state index in [4.69, 9.17) is 11.6 Å². The molecule has 0 atom stereocenters. The maximum atomic E-state index is 11.2. The SMILES string of the molecule is COC(=O)CN1CCN(c2ccc(Cl)nc2)CC1. The quantitative estimate of drug-likeness (QED) is 0.606. The maximum absolute atomic E-state index is 11.2. The van der Waals surface area contributed by atoms with Crippen LogP contribution in [0.1, 0.15) is 0 Å². The van der Waals surface area contributed by atoms with Crippen LogP contribution in [-0.2, 0) is 9.53 Å². The van der Waals surface area contributed by atoms with Gasteiger partial charge in [0.25, 0.3) is 0 Å². The highest BCUT2D eigenvalue weighted by Gasteiger charge is 2.19. The van der Waals surface area contributed by atoms with Crippen molar-refractivity contribution in [2.45, 2.75) is 0 Å². The van der Waals surface area contributed by atoms with Crippen LogP contribution < -0.4 is 4.90 Å². The number of carbonyl (C=O) groups is 1. The maximum Gasteiger partial charge on any atom is 0.319 e. The molecule has 5 nitrogen and oxygen atoms in total. The van der Waals surface area contributed by atoms with Crippen molar-refractivity contribution in [3.63, 3.8) is 0 Å². The standard InChI is InChI=1S/C12H16ClN3O2/c1-18-12(17)9-15-4-6-16(7-5-15)10-2-3-11(13)14-8-10/h2-3,8H,4-7,9H2,1H3. The van der Waals surface area contributed by atoms with Crippen LogP contribution in [-0.4, -0.2) is 55.7 Å². The molecule has 1 aromatic rings. The molecule has 1 fully saturated rings. The van der Waals surface area contributed by atoms with E-state index in [1.807, 2.05) is 6.07 Å². The molecule has 0 bridgehead atoms. The Balaban J connectivity index is 1.86. The Bertz CT molecular complexity index is 402. The molecule has 98 valence electrons. The first kappa shape index (κ1) is 13.1. The van der Waals surface area contributed by atoms with Crippen molar-refractivity contribution in [1.29, 1.82) is 0 Å². The second-order valence-electron chi connectivity index (χ2n) is 4.18. The van der Waals surface area contributed by atoms with Crippen molar-refractivity contribution in [2.75, 3.05) is 44.7 Å². The van der Waals surface area contributed by atoms with Gasteiger partial charge in [0, 0.05) is 26.2 Å². The van der Waals surface area contributed by atoms with Gasteiger partial charge in [0.2, 0.25) is 0 Å². The van der Waals surface area contributed by atoms with Crippen molar-refractivity contribution in [1.82, 2.24) is 9.88 Å². The first-order valence-corrected chi connectivity index (χ1v) is 6.22.